The minimum absolute atomic E-state index is 0.0275. The van der Waals surface area contributed by atoms with Crippen LogP contribution < -0.4 is 84.6 Å². The second kappa shape index (κ2) is 43.2. The summed E-state index contributed by atoms with van der Waals surface area (Å²) in [7, 11) is -25.7. The van der Waals surface area contributed by atoms with Crippen LogP contribution in [0.15, 0.2) is 84.9 Å². The minimum atomic E-state index is -2.67. The predicted octanol–water partition coefficient (Wildman–Crippen LogP) is 34.4. The van der Waals surface area contributed by atoms with E-state index in [1.54, 1.807) is 54.5 Å². The van der Waals surface area contributed by atoms with E-state index in [2.05, 4.69) is 500 Å². The van der Waals surface area contributed by atoms with Gasteiger partial charge in [-0.3, -0.25) is 0 Å². The maximum Gasteiger partial charge on any atom is 0.242 e. The molecule has 0 saturated heterocycles. The highest BCUT2D eigenvalue weighted by Gasteiger charge is 2.63. The van der Waals surface area contributed by atoms with Crippen LogP contribution in [0.3, 0.4) is 0 Å². The predicted molar refractivity (Wildman–Crippen MR) is 690 cm³/mol. The number of fused-ring (bicyclic) bond motifs is 8. The van der Waals surface area contributed by atoms with E-state index < -0.39 is 80.7 Å². The third-order valence-corrected chi connectivity index (χ3v) is 115. The Kier molecular flexibility index (Phi) is 36.8. The van der Waals surface area contributed by atoms with Gasteiger partial charge in [0.2, 0.25) is 13.4 Å². The molecule has 0 fully saturated rings. The Hall–Kier alpha value is -2.90. The van der Waals surface area contributed by atoms with E-state index in [1.165, 1.54) is 32.3 Å². The highest BCUT2D eigenvalue weighted by atomic mass is 28.3. The van der Waals surface area contributed by atoms with Crippen molar-refractivity contribution >= 4 is 211 Å². The van der Waals surface area contributed by atoms with Crippen LogP contribution in [0.4, 0.5) is 0 Å². The lowest BCUT2D eigenvalue weighted by Gasteiger charge is -2.52. The van der Waals surface area contributed by atoms with Gasteiger partial charge in [0.1, 0.15) is 0 Å². The smallest absolute Gasteiger partial charge is 0.0699 e. The van der Waals surface area contributed by atoms with E-state index in [9.17, 15) is 0 Å². The summed E-state index contributed by atoms with van der Waals surface area (Å²) in [6, 6.07) is 42.6. The average molecular weight is 2090 g/mol. The van der Waals surface area contributed by atoms with Crippen molar-refractivity contribution in [2.75, 3.05) is 0 Å². The van der Waals surface area contributed by atoms with Gasteiger partial charge in [-0.1, -0.05) is 585 Å². The zero-order valence-corrected chi connectivity index (χ0v) is 115. The van der Waals surface area contributed by atoms with E-state index in [1.807, 2.05) is 52.4 Å². The minimum Gasteiger partial charge on any atom is -0.0699 e. The molecular formula is C130H224B2Si10. The summed E-state index contributed by atoms with van der Waals surface area (Å²) in [4.78, 5) is 0. The van der Waals surface area contributed by atoms with E-state index >= 15 is 0 Å². The first-order valence-corrected chi connectivity index (χ1v) is 82.2. The molecule has 8 aromatic carbocycles. The molecule has 2 heterocycles. The Bertz CT molecular complexity index is 5060. The van der Waals surface area contributed by atoms with E-state index in [4.69, 9.17) is 0 Å². The largest absolute Gasteiger partial charge is 0.242 e. The second-order valence-corrected chi connectivity index (χ2v) is 117. The molecule has 10 rings (SSSR count). The van der Waals surface area contributed by atoms with E-state index in [0.29, 0.717) is 166 Å². The summed E-state index contributed by atoms with van der Waals surface area (Å²) in [5.41, 5.74) is 32.6. The molecule has 0 nitrogen and oxygen atoms in total. The Morgan fingerprint density at radius 3 is 0.423 bits per heavy atom. The Morgan fingerprint density at radius 2 is 0.282 bits per heavy atom. The lowest BCUT2D eigenvalue weighted by atomic mass is 9.38. The van der Waals surface area contributed by atoms with Crippen LogP contribution in [0, 0.1) is 0 Å². The van der Waals surface area contributed by atoms with Crippen LogP contribution in [-0.4, -0.2) is 94.2 Å². The molecule has 2 aliphatic rings. The highest BCUT2D eigenvalue weighted by molar-refractivity contribution is 7.16. The molecule has 0 N–H and O–H groups in total. The quantitative estimate of drug-likeness (QED) is 0.0264. The zero-order valence-electron chi connectivity index (χ0n) is 105. The number of rotatable bonds is 42. The fraction of sp³-hybridized carbons (Fsp3) is 0.692. The molecule has 8 aromatic rings. The van der Waals surface area contributed by atoms with Crippen LogP contribution in [0.2, 0.25) is 166 Å². The summed E-state index contributed by atoms with van der Waals surface area (Å²) in [6.45, 7) is 164. The van der Waals surface area contributed by atoms with Crippen molar-refractivity contribution in [3.63, 3.8) is 0 Å². The first-order valence-electron chi connectivity index (χ1n) is 59.9. The van der Waals surface area contributed by atoms with Crippen molar-refractivity contribution < 1.29 is 0 Å². The van der Waals surface area contributed by atoms with Crippen molar-refractivity contribution in [2.24, 2.45) is 0 Å². The van der Waals surface area contributed by atoms with Gasteiger partial charge < -0.3 is 0 Å². The Balaban J connectivity index is 1.73. The Labute approximate surface area is 892 Å². The van der Waals surface area contributed by atoms with Gasteiger partial charge in [-0.2, -0.15) is 0 Å². The lowest BCUT2D eigenvalue weighted by Crippen LogP contribution is -2.78. The molecule has 0 spiro atoms. The van der Waals surface area contributed by atoms with Crippen LogP contribution >= 0.6 is 0 Å². The number of benzene rings is 8. The third kappa shape index (κ3) is 16.9. The molecule has 0 unspecified atom stereocenters. The molecule has 142 heavy (non-hydrogen) atoms. The van der Waals surface area contributed by atoms with Crippen LogP contribution in [-0.2, 0) is 0 Å². The molecule has 0 aromatic heterocycles. The number of hydrogen-bond acceptors (Lipinski definition) is 0. The van der Waals surface area contributed by atoms with Gasteiger partial charge in [0, 0.05) is 0 Å². The molecule has 0 amide bonds. The van der Waals surface area contributed by atoms with Crippen molar-refractivity contribution in [2.45, 2.75) is 582 Å². The van der Waals surface area contributed by atoms with Crippen LogP contribution in [0.1, 0.15) is 415 Å². The van der Waals surface area contributed by atoms with Crippen LogP contribution in [0.25, 0.3) is 54.6 Å². The maximum atomic E-state index is 3.18. The molecule has 0 saturated carbocycles. The summed E-state index contributed by atoms with van der Waals surface area (Å²) < 4.78 is 0. The summed E-state index contributed by atoms with van der Waals surface area (Å²) in [6.07, 6.45) is 0. The van der Waals surface area contributed by atoms with Gasteiger partial charge in [-0.15, -0.1) is 0 Å². The van der Waals surface area contributed by atoms with Gasteiger partial charge in [-0.25, -0.2) is 0 Å². The molecule has 2 aliphatic heterocycles. The lowest BCUT2D eigenvalue weighted by molar-refractivity contribution is 0.829. The summed E-state index contributed by atoms with van der Waals surface area (Å²) >= 11 is 0. The van der Waals surface area contributed by atoms with Gasteiger partial charge in [0.15, 0.2) is 0 Å². The van der Waals surface area contributed by atoms with Gasteiger partial charge >= 0.3 is 0 Å². The molecule has 0 aliphatic carbocycles. The van der Waals surface area contributed by atoms with Gasteiger partial charge in [-0.05, 0) is 221 Å². The fourth-order valence-electron chi connectivity index (χ4n) is 42.0. The third-order valence-electron chi connectivity index (χ3n) is 44.5. The summed E-state index contributed by atoms with van der Waals surface area (Å²) in [5.74, 6) is 0. The fourth-order valence-corrected chi connectivity index (χ4v) is 112. The van der Waals surface area contributed by atoms with E-state index in [-0.39, 0.29) is 13.4 Å². The van der Waals surface area contributed by atoms with Crippen molar-refractivity contribution in [1.82, 2.24) is 0 Å². The van der Waals surface area contributed by atoms with E-state index in [0.717, 1.165) is 0 Å². The SMILES string of the molecule is CC(C)[Si](c1cc2c(c([Si](C(C)C)(C(C)C)C(C)C)c1)B(c1c([Si](C(C)C)(C(C)C)C(C)C)cc([Si](C(C)C)(C(C)C)C(C)C)cc1[Si](C(C)C)(C(C)C)C(C)C)c1cc3ccc4c5c(cc6ccc(c1-2)c3c64)B(c1c([Si](C(C)C)(C(C)C)C(C)C)cc([Si](C(C)C)(C(C)C)C(C)C)cc1[Si](C(C)C)(C(C)C)C(C)C)c1c-5cc([Si](C(C)C)(C(C)C)C(C)C)cc1[Si](C(C)C)(C(C)C)C(C)C)(C(C)C)C(C)C. The molecule has 790 valence electrons. The van der Waals surface area contributed by atoms with Crippen molar-refractivity contribution in [3.05, 3.63) is 84.9 Å². The number of hydrogen-bond donors (Lipinski definition) is 0. The monoisotopic (exact) mass is 2090 g/mol. The molecular weight excluding hydrogens is 1860 g/mol. The second-order valence-electron chi connectivity index (χ2n) is 57.9. The zero-order chi connectivity index (χ0) is 108. The van der Waals surface area contributed by atoms with Crippen molar-refractivity contribution in [1.29, 1.82) is 0 Å². The van der Waals surface area contributed by atoms with Gasteiger partial charge in [0.05, 0.1) is 80.7 Å². The Morgan fingerprint density at radius 1 is 0.148 bits per heavy atom. The molecule has 12 heteroatoms. The average Bonchev–Trinajstić information content (AvgIpc) is 1.49. The first kappa shape index (κ1) is 121. The highest BCUT2D eigenvalue weighted by Crippen LogP contribution is 2.56. The first-order chi connectivity index (χ1) is 65.3. The maximum absolute atomic E-state index is 3.18. The van der Waals surface area contributed by atoms with Crippen molar-refractivity contribution in [3.8, 4) is 22.3 Å². The summed E-state index contributed by atoms with van der Waals surface area (Å²) in [5, 5.41) is 27.4. The van der Waals surface area contributed by atoms with Crippen LogP contribution in [0.5, 0.6) is 0 Å². The normalized spacial score (nSPS) is 14.9. The molecule has 0 bridgehead atoms. The molecule has 0 radical (unpaired) electrons. The van der Waals surface area contributed by atoms with Gasteiger partial charge in [0.25, 0.3) is 0 Å². The molecule has 0 atom stereocenters. The topological polar surface area (TPSA) is 0 Å². The standard InChI is InChI=1S/C130H224B2Si10/c1-75(2)133(76(3)4,77(5)6)107-67-113-125-111-63-61-106-66-116-126(112-64-62-105(123(111)124(106)112)65-115(125)131(127(113)117(69-107)137(87(25)26,88(27)28)89(29)30)129-119(139(93(37)38,94(39)40)95(41)42)71-109(135(81(13)14,82(15)16)83(17)18)72-120(129)140(96(43)44,97(45)46)98(47)48)114-68-108(134(78(7)8,79(9)10)80(11)12)70-118(138(90(31)32,91(33)34)92(35)36)128(114)132(116)130-121(141(99(49)50,100(51)52)101(53)54)73-110(136(84(19)20,85(21)22)86(23)24)74-122(130)142(102(55)56,103(57)58)104(59)60/h61-104H,1-60H3.